The lowest BCUT2D eigenvalue weighted by Crippen LogP contribution is -2.58. The molecule has 2 aliphatic heterocycles. The van der Waals surface area contributed by atoms with E-state index < -0.39 is 35.6 Å². The van der Waals surface area contributed by atoms with E-state index in [2.05, 4.69) is 15.6 Å². The van der Waals surface area contributed by atoms with Gasteiger partial charge in [-0.25, -0.2) is 4.98 Å². The molecule has 1 fully saturated rings. The number of nitrogens with zero attached hydrogens (tertiary/aromatic N) is 2. The average Bonchev–Trinajstić information content (AvgIpc) is 3.56. The molecule has 3 amide bonds. The maximum absolute atomic E-state index is 13.8. The Balaban J connectivity index is 1.40. The maximum atomic E-state index is 13.8. The highest BCUT2D eigenvalue weighted by Gasteiger charge is 2.42. The van der Waals surface area contributed by atoms with Gasteiger partial charge >= 0.3 is 5.97 Å². The second-order valence-electron chi connectivity index (χ2n) is 12.1. The number of carboxylic acid groups (broad SMARTS) is 1. The summed E-state index contributed by atoms with van der Waals surface area (Å²) in [6.45, 7) is 7.74. The number of carbonyl (C=O) groups is 4. The normalized spacial score (nSPS) is 19.2. The quantitative estimate of drug-likeness (QED) is 0.286. The molecule has 0 unspecified atom stereocenters. The Morgan fingerprint density at radius 2 is 1.90 bits per heavy atom. The minimum atomic E-state index is -0.874. The molecule has 42 heavy (non-hydrogen) atoms. The van der Waals surface area contributed by atoms with Crippen molar-refractivity contribution in [3.63, 3.8) is 0 Å². The Hall–Kier alpha value is -3.51. The monoisotopic (exact) mass is 600 g/mol. The zero-order chi connectivity index (χ0) is 30.6. The highest BCUT2D eigenvalue weighted by atomic mass is 32.1. The summed E-state index contributed by atoms with van der Waals surface area (Å²) in [5.74, 6) is -1.68. The van der Waals surface area contributed by atoms with E-state index in [0.717, 1.165) is 21.7 Å². The first-order valence-corrected chi connectivity index (χ1v) is 15.2. The molecular formula is C30H40N4O7S. The van der Waals surface area contributed by atoms with Gasteiger partial charge in [-0.2, -0.15) is 0 Å². The number of β-amino-alcohol motifs (C(OH)–C–C–N with tert-alkyl or cyclic N) is 1. The molecule has 11 nitrogen and oxygen atoms in total. The van der Waals surface area contributed by atoms with Crippen LogP contribution < -0.4 is 15.4 Å². The number of amides is 3. The molecule has 2 aliphatic rings. The number of carboxylic acids is 1. The van der Waals surface area contributed by atoms with Crippen LogP contribution >= 0.6 is 11.3 Å². The Bertz CT molecular complexity index is 1320. The summed E-state index contributed by atoms with van der Waals surface area (Å²) in [5, 5.41) is 25.0. The van der Waals surface area contributed by atoms with E-state index in [0.29, 0.717) is 31.6 Å². The van der Waals surface area contributed by atoms with Crippen molar-refractivity contribution in [2.24, 2.45) is 5.41 Å². The predicted molar refractivity (Wildman–Crippen MR) is 157 cm³/mol. The van der Waals surface area contributed by atoms with Gasteiger partial charge in [0, 0.05) is 31.4 Å². The van der Waals surface area contributed by atoms with Crippen LogP contribution in [0.4, 0.5) is 0 Å². The van der Waals surface area contributed by atoms with Gasteiger partial charge in [0.1, 0.15) is 24.6 Å². The van der Waals surface area contributed by atoms with Crippen LogP contribution in [0.25, 0.3) is 10.4 Å². The molecule has 4 rings (SSSR count). The molecule has 3 heterocycles. The number of nitrogens with one attached hydrogen (secondary N) is 2. The Labute approximate surface area is 249 Å². The molecule has 0 radical (unpaired) electrons. The summed E-state index contributed by atoms with van der Waals surface area (Å²) in [5.41, 5.74) is 3.76. The van der Waals surface area contributed by atoms with Gasteiger partial charge < -0.3 is 30.5 Å². The molecule has 228 valence electrons. The second kappa shape index (κ2) is 13.2. The molecule has 1 aromatic heterocycles. The Kier molecular flexibility index (Phi) is 9.88. The minimum absolute atomic E-state index is 0.0413. The van der Waals surface area contributed by atoms with Crippen molar-refractivity contribution >= 4 is 35.0 Å². The maximum Gasteiger partial charge on any atom is 0.303 e. The van der Waals surface area contributed by atoms with Crippen LogP contribution in [0.2, 0.25) is 0 Å². The second-order valence-corrected chi connectivity index (χ2v) is 13.0. The van der Waals surface area contributed by atoms with Crippen molar-refractivity contribution in [1.82, 2.24) is 20.5 Å². The lowest BCUT2D eigenvalue weighted by molar-refractivity contribution is -0.142. The third kappa shape index (κ3) is 7.46. The first-order valence-electron chi connectivity index (χ1n) is 14.3. The van der Waals surface area contributed by atoms with E-state index >= 15 is 0 Å². The van der Waals surface area contributed by atoms with Crippen LogP contribution in [0.1, 0.15) is 83.4 Å². The van der Waals surface area contributed by atoms with Gasteiger partial charge in [0.15, 0.2) is 0 Å². The van der Waals surface area contributed by atoms with Crippen molar-refractivity contribution in [1.29, 1.82) is 0 Å². The lowest BCUT2D eigenvalue weighted by atomic mass is 9.85. The number of benzene rings is 1. The van der Waals surface area contributed by atoms with E-state index in [1.807, 2.05) is 39.0 Å². The summed E-state index contributed by atoms with van der Waals surface area (Å²) < 4.78 is 5.88. The number of ether oxygens (including phenoxy) is 1. The molecule has 1 aromatic carbocycles. The zero-order valence-electron chi connectivity index (χ0n) is 24.5. The van der Waals surface area contributed by atoms with E-state index in [1.165, 1.54) is 4.90 Å². The van der Waals surface area contributed by atoms with Gasteiger partial charge in [0.25, 0.3) is 0 Å². The largest absolute Gasteiger partial charge is 0.487 e. The first-order chi connectivity index (χ1) is 19.8. The van der Waals surface area contributed by atoms with Crippen molar-refractivity contribution in [3.05, 3.63) is 35.0 Å². The van der Waals surface area contributed by atoms with Crippen LogP contribution in [0.5, 0.6) is 5.75 Å². The molecule has 4 N–H and O–H groups in total. The fourth-order valence-corrected chi connectivity index (χ4v) is 6.10. The number of fused-ring (bicyclic) bond motifs is 3. The van der Waals surface area contributed by atoms with Crippen LogP contribution in [0.15, 0.2) is 23.7 Å². The van der Waals surface area contributed by atoms with Gasteiger partial charge in [-0.3, -0.25) is 19.2 Å². The highest BCUT2D eigenvalue weighted by Crippen LogP contribution is 2.41. The van der Waals surface area contributed by atoms with E-state index in [9.17, 15) is 24.3 Å². The summed E-state index contributed by atoms with van der Waals surface area (Å²) in [6.07, 6.45) is 0.473. The predicted octanol–water partition coefficient (Wildman–Crippen LogP) is 3.41. The third-order valence-electron chi connectivity index (χ3n) is 7.73. The van der Waals surface area contributed by atoms with Crippen LogP contribution in [-0.2, 0) is 25.8 Å². The van der Waals surface area contributed by atoms with Crippen LogP contribution in [-0.4, -0.2) is 68.6 Å². The fourth-order valence-electron chi connectivity index (χ4n) is 5.27. The molecule has 0 spiro atoms. The van der Waals surface area contributed by atoms with Crippen molar-refractivity contribution < 1.29 is 34.1 Å². The van der Waals surface area contributed by atoms with Gasteiger partial charge in [-0.05, 0) is 42.9 Å². The third-order valence-corrected chi connectivity index (χ3v) is 8.63. The SMILES string of the molecule is C[C@H](C(=O)N[C@@H]1C[C@@H](O)CN1C(=O)[C@@H](NC(=O)CCCCCC(=O)O)C(C)(C)C)c1ccc2c(c1)OCc1ncsc1-2. The number of aliphatic hydroxyl groups is 1. The standard InChI is InChI=1S/C30H40N4O7S/c1-17(18-10-11-20-22(12-18)41-15-21-26(20)42-16-31-21)28(39)32-23-13-19(35)14-34(23)29(40)27(30(2,3)4)33-24(36)8-6-5-7-9-25(37)38/h10-12,16-17,19,23,27,35H,5-9,13-15H2,1-4H3,(H,32,39)(H,33,36)(H,37,38)/t17-,19+,23-,27+/m0/s1. The Morgan fingerprint density at radius 3 is 2.62 bits per heavy atom. The van der Waals surface area contributed by atoms with Gasteiger partial charge in [-0.15, -0.1) is 11.3 Å². The molecule has 0 aliphatic carbocycles. The number of aliphatic hydroxyl groups excluding tert-OH is 1. The topological polar surface area (TPSA) is 158 Å². The number of unbranched alkanes of at least 4 members (excludes halogenated alkanes) is 2. The lowest BCUT2D eigenvalue weighted by Gasteiger charge is -2.36. The Morgan fingerprint density at radius 1 is 1.17 bits per heavy atom. The zero-order valence-corrected chi connectivity index (χ0v) is 25.3. The number of carbonyl (C=O) groups excluding carboxylic acids is 3. The van der Waals surface area contributed by atoms with Crippen LogP contribution in [0, 0.1) is 5.41 Å². The van der Waals surface area contributed by atoms with E-state index in [-0.39, 0.29) is 43.5 Å². The summed E-state index contributed by atoms with van der Waals surface area (Å²) >= 11 is 1.55. The van der Waals surface area contributed by atoms with Crippen LogP contribution in [0.3, 0.4) is 0 Å². The smallest absolute Gasteiger partial charge is 0.303 e. The van der Waals surface area contributed by atoms with Gasteiger partial charge in [0.2, 0.25) is 17.7 Å². The number of aromatic nitrogens is 1. The summed E-state index contributed by atoms with van der Waals surface area (Å²) in [4.78, 5) is 57.4. The molecule has 4 atom stereocenters. The minimum Gasteiger partial charge on any atom is -0.487 e. The molecule has 0 saturated carbocycles. The van der Waals surface area contributed by atoms with E-state index in [1.54, 1.807) is 23.8 Å². The molecule has 2 aromatic rings. The van der Waals surface area contributed by atoms with Crippen molar-refractivity contribution in [3.8, 4) is 16.2 Å². The van der Waals surface area contributed by atoms with Gasteiger partial charge in [-0.1, -0.05) is 33.3 Å². The number of thiazole rings is 1. The average molecular weight is 601 g/mol. The highest BCUT2D eigenvalue weighted by molar-refractivity contribution is 7.13. The number of rotatable bonds is 11. The summed E-state index contributed by atoms with van der Waals surface area (Å²) in [6, 6.07) is 4.81. The fraction of sp³-hybridized carbons (Fsp3) is 0.567. The number of hydrogen-bond donors (Lipinski definition) is 4. The van der Waals surface area contributed by atoms with E-state index in [4.69, 9.17) is 9.84 Å². The van der Waals surface area contributed by atoms with Crippen molar-refractivity contribution in [2.75, 3.05) is 6.54 Å². The summed E-state index contributed by atoms with van der Waals surface area (Å²) in [7, 11) is 0. The number of likely N-dealkylation sites (tertiary alicyclic amines) is 1. The number of hydrogen-bond acceptors (Lipinski definition) is 8. The molecular weight excluding hydrogens is 560 g/mol. The van der Waals surface area contributed by atoms with Crippen molar-refractivity contribution in [2.45, 2.75) is 97.1 Å². The molecule has 12 heteroatoms. The molecule has 0 bridgehead atoms. The first kappa shape index (κ1) is 31.4. The van der Waals surface area contributed by atoms with Gasteiger partial charge in [0.05, 0.1) is 28.1 Å². The number of aliphatic carboxylic acids is 1. The molecule has 1 saturated heterocycles.